The number of pyridine rings is 1. The van der Waals surface area contributed by atoms with E-state index in [-0.39, 0.29) is 17.6 Å². The lowest BCUT2D eigenvalue weighted by Crippen LogP contribution is -2.43. The summed E-state index contributed by atoms with van der Waals surface area (Å²) in [6, 6.07) is 3.51. The second kappa shape index (κ2) is 6.51. The molecule has 114 valence electrons. The van der Waals surface area contributed by atoms with Crippen molar-refractivity contribution in [1.82, 2.24) is 15.6 Å². The second-order valence-electron chi connectivity index (χ2n) is 5.64. The average molecular weight is 291 g/mol. The molecule has 0 bridgehead atoms. The van der Waals surface area contributed by atoms with Crippen molar-refractivity contribution in [2.45, 2.75) is 24.5 Å². The first-order valence-corrected chi connectivity index (χ1v) is 7.42. The standard InChI is InChI=1S/C15H21N3O3/c19-14(12-2-1-5-16-8-12)18-9-13-3-4-15(21-13)10-17-6-7-20-11-15/h1-2,5,8,13,17H,3-4,6-7,9-11H2,(H,18,19)/t13?,15-/m1/s1. The summed E-state index contributed by atoms with van der Waals surface area (Å²) in [4.78, 5) is 15.9. The number of carbonyl (C=O) groups is 1. The Bertz CT molecular complexity index is 472. The normalized spacial score (nSPS) is 29.2. The van der Waals surface area contributed by atoms with Gasteiger partial charge in [-0.05, 0) is 25.0 Å². The van der Waals surface area contributed by atoms with E-state index < -0.39 is 0 Å². The molecular weight excluding hydrogens is 270 g/mol. The van der Waals surface area contributed by atoms with E-state index in [1.165, 1.54) is 0 Å². The molecule has 2 aliphatic rings. The minimum atomic E-state index is -0.222. The van der Waals surface area contributed by atoms with Gasteiger partial charge in [0.1, 0.15) is 5.60 Å². The molecule has 6 nitrogen and oxygen atoms in total. The number of nitrogens with one attached hydrogen (secondary N) is 2. The third kappa shape index (κ3) is 3.58. The molecule has 3 rings (SSSR count). The first-order valence-electron chi connectivity index (χ1n) is 7.42. The lowest BCUT2D eigenvalue weighted by Gasteiger charge is -2.27. The Morgan fingerprint density at radius 3 is 3.38 bits per heavy atom. The summed E-state index contributed by atoms with van der Waals surface area (Å²) < 4.78 is 11.7. The number of amides is 1. The van der Waals surface area contributed by atoms with Crippen molar-refractivity contribution in [3.8, 4) is 0 Å². The van der Waals surface area contributed by atoms with E-state index in [1.54, 1.807) is 24.5 Å². The van der Waals surface area contributed by atoms with Crippen molar-refractivity contribution in [3.05, 3.63) is 30.1 Å². The van der Waals surface area contributed by atoms with Crippen LogP contribution < -0.4 is 10.6 Å². The maximum absolute atomic E-state index is 12.0. The third-order valence-corrected chi connectivity index (χ3v) is 3.99. The molecule has 2 N–H and O–H groups in total. The van der Waals surface area contributed by atoms with Gasteiger partial charge in [-0.3, -0.25) is 9.78 Å². The molecule has 21 heavy (non-hydrogen) atoms. The maximum atomic E-state index is 12.0. The summed E-state index contributed by atoms with van der Waals surface area (Å²) >= 11 is 0. The summed E-state index contributed by atoms with van der Waals surface area (Å²) in [5, 5.41) is 6.26. The molecule has 3 heterocycles. The number of carbonyl (C=O) groups excluding carboxylic acids is 1. The fourth-order valence-electron chi connectivity index (χ4n) is 2.85. The van der Waals surface area contributed by atoms with Crippen LogP contribution in [0.1, 0.15) is 23.2 Å². The van der Waals surface area contributed by atoms with Crippen molar-refractivity contribution >= 4 is 5.91 Å². The van der Waals surface area contributed by atoms with E-state index in [2.05, 4.69) is 15.6 Å². The fourth-order valence-corrected chi connectivity index (χ4v) is 2.85. The Hall–Kier alpha value is -1.50. The molecule has 0 radical (unpaired) electrons. The Labute approximate surface area is 124 Å². The van der Waals surface area contributed by atoms with Crippen LogP contribution in [0.3, 0.4) is 0 Å². The topological polar surface area (TPSA) is 72.5 Å². The van der Waals surface area contributed by atoms with Crippen molar-refractivity contribution in [2.24, 2.45) is 0 Å². The number of nitrogens with zero attached hydrogens (tertiary/aromatic N) is 1. The summed E-state index contributed by atoms with van der Waals surface area (Å²) in [5.74, 6) is -0.108. The number of hydrogen-bond acceptors (Lipinski definition) is 5. The highest BCUT2D eigenvalue weighted by molar-refractivity contribution is 5.93. The van der Waals surface area contributed by atoms with Crippen LogP contribution in [0.5, 0.6) is 0 Å². The van der Waals surface area contributed by atoms with Crippen molar-refractivity contribution in [3.63, 3.8) is 0 Å². The molecule has 0 aliphatic carbocycles. The lowest BCUT2D eigenvalue weighted by molar-refractivity contribution is -0.0764. The van der Waals surface area contributed by atoms with Gasteiger partial charge in [0.05, 0.1) is 24.9 Å². The van der Waals surface area contributed by atoms with Crippen LogP contribution in [0.25, 0.3) is 0 Å². The van der Waals surface area contributed by atoms with Crippen LogP contribution in [0.15, 0.2) is 24.5 Å². The highest BCUT2D eigenvalue weighted by atomic mass is 16.6. The molecule has 1 spiro atoms. The van der Waals surface area contributed by atoms with Gasteiger partial charge in [-0.15, -0.1) is 0 Å². The minimum absolute atomic E-state index is 0.0501. The minimum Gasteiger partial charge on any atom is -0.377 e. The van der Waals surface area contributed by atoms with Crippen LogP contribution in [-0.2, 0) is 9.47 Å². The second-order valence-corrected chi connectivity index (χ2v) is 5.64. The van der Waals surface area contributed by atoms with Crippen LogP contribution in [0.2, 0.25) is 0 Å². The van der Waals surface area contributed by atoms with Crippen LogP contribution in [0.4, 0.5) is 0 Å². The summed E-state index contributed by atoms with van der Waals surface area (Å²) in [7, 11) is 0. The number of ether oxygens (including phenoxy) is 2. The molecule has 1 aromatic heterocycles. The maximum Gasteiger partial charge on any atom is 0.252 e. The Morgan fingerprint density at radius 1 is 1.57 bits per heavy atom. The van der Waals surface area contributed by atoms with Gasteiger partial charge in [-0.2, -0.15) is 0 Å². The Kier molecular flexibility index (Phi) is 4.48. The van der Waals surface area contributed by atoms with Crippen LogP contribution in [-0.4, -0.2) is 55.4 Å². The molecule has 2 aliphatic heterocycles. The quantitative estimate of drug-likeness (QED) is 0.841. The molecule has 2 saturated heterocycles. The van der Waals surface area contributed by atoms with Gasteiger partial charge in [0.2, 0.25) is 0 Å². The zero-order valence-electron chi connectivity index (χ0n) is 12.0. The van der Waals surface area contributed by atoms with E-state index in [0.717, 1.165) is 32.5 Å². The van der Waals surface area contributed by atoms with Gasteiger partial charge in [0.15, 0.2) is 0 Å². The molecular formula is C15H21N3O3. The van der Waals surface area contributed by atoms with Gasteiger partial charge in [-0.1, -0.05) is 0 Å². The smallest absolute Gasteiger partial charge is 0.252 e. The van der Waals surface area contributed by atoms with Crippen molar-refractivity contribution < 1.29 is 14.3 Å². The van der Waals surface area contributed by atoms with Gasteiger partial charge < -0.3 is 20.1 Å². The van der Waals surface area contributed by atoms with Gasteiger partial charge in [0.25, 0.3) is 5.91 Å². The zero-order chi connectivity index (χ0) is 14.5. The molecule has 2 atom stereocenters. The average Bonchev–Trinajstić information content (AvgIpc) is 2.77. The third-order valence-electron chi connectivity index (χ3n) is 3.99. The van der Waals surface area contributed by atoms with Crippen LogP contribution in [0, 0.1) is 0 Å². The largest absolute Gasteiger partial charge is 0.377 e. The Balaban J connectivity index is 1.50. The van der Waals surface area contributed by atoms with E-state index in [9.17, 15) is 4.79 Å². The highest BCUT2D eigenvalue weighted by Crippen LogP contribution is 2.30. The van der Waals surface area contributed by atoms with Crippen LogP contribution >= 0.6 is 0 Å². The van der Waals surface area contributed by atoms with E-state index in [1.807, 2.05) is 0 Å². The van der Waals surface area contributed by atoms with Crippen molar-refractivity contribution in [1.29, 1.82) is 0 Å². The number of hydrogen-bond donors (Lipinski definition) is 2. The predicted octanol–water partition coefficient (Wildman–Crippen LogP) is 0.349. The van der Waals surface area contributed by atoms with E-state index >= 15 is 0 Å². The molecule has 0 aromatic carbocycles. The number of rotatable bonds is 3. The molecule has 1 amide bonds. The van der Waals surface area contributed by atoms with E-state index in [0.29, 0.717) is 18.7 Å². The van der Waals surface area contributed by atoms with E-state index in [4.69, 9.17) is 9.47 Å². The first-order chi connectivity index (χ1) is 10.3. The molecule has 0 saturated carbocycles. The van der Waals surface area contributed by atoms with Crippen molar-refractivity contribution in [2.75, 3.05) is 32.8 Å². The fraction of sp³-hybridized carbons (Fsp3) is 0.600. The van der Waals surface area contributed by atoms with Gasteiger partial charge in [-0.25, -0.2) is 0 Å². The van der Waals surface area contributed by atoms with Gasteiger partial charge in [0, 0.05) is 32.0 Å². The lowest BCUT2D eigenvalue weighted by atomic mass is 10.0. The summed E-state index contributed by atoms with van der Waals surface area (Å²) in [6.07, 6.45) is 5.18. The molecule has 6 heteroatoms. The monoisotopic (exact) mass is 291 g/mol. The molecule has 2 fully saturated rings. The summed E-state index contributed by atoms with van der Waals surface area (Å²) in [5.41, 5.74) is 0.352. The molecule has 1 aromatic rings. The predicted molar refractivity (Wildman–Crippen MR) is 77.1 cm³/mol. The molecule has 1 unspecified atom stereocenters. The highest BCUT2D eigenvalue weighted by Gasteiger charge is 2.41. The zero-order valence-corrected chi connectivity index (χ0v) is 12.0. The SMILES string of the molecule is O=C(NCC1CC[C@]2(CNCCOC2)O1)c1cccnc1. The summed E-state index contributed by atoms with van der Waals surface area (Å²) in [6.45, 7) is 3.57. The number of aromatic nitrogens is 1. The Morgan fingerprint density at radius 2 is 2.52 bits per heavy atom. The van der Waals surface area contributed by atoms with Gasteiger partial charge >= 0.3 is 0 Å². The first kappa shape index (κ1) is 14.4.